The van der Waals surface area contributed by atoms with Gasteiger partial charge in [-0.15, -0.1) is 0 Å². The summed E-state index contributed by atoms with van der Waals surface area (Å²) in [5.41, 5.74) is 0.159. The number of pyridine rings is 1. The van der Waals surface area contributed by atoms with Gasteiger partial charge in [0.2, 0.25) is 0 Å². The smallest absolute Gasteiger partial charge is 0.259 e. The number of benzene rings is 1. The van der Waals surface area contributed by atoms with Crippen LogP contribution in [0.4, 0.5) is 0 Å². The molecule has 0 aliphatic heterocycles. The second kappa shape index (κ2) is 8.72. The molecule has 5 nitrogen and oxygen atoms in total. The van der Waals surface area contributed by atoms with Crippen molar-refractivity contribution in [2.75, 3.05) is 20.3 Å². The van der Waals surface area contributed by atoms with Gasteiger partial charge < -0.3 is 19.1 Å². The van der Waals surface area contributed by atoms with Crippen LogP contribution in [0.3, 0.4) is 0 Å². The monoisotopic (exact) mass is 373 g/mol. The zero-order valence-electron chi connectivity index (χ0n) is 13.8. The predicted octanol–water partition coefficient (Wildman–Crippen LogP) is 3.63. The minimum Gasteiger partial charge on any atom is -0.491 e. The molecule has 0 saturated carbocycles. The van der Waals surface area contributed by atoms with E-state index in [1.807, 2.05) is 0 Å². The molecule has 1 aromatic carbocycles. The van der Waals surface area contributed by atoms with Crippen molar-refractivity contribution in [3.05, 3.63) is 38.2 Å². The summed E-state index contributed by atoms with van der Waals surface area (Å²) in [6, 6.07) is 3.15. The van der Waals surface area contributed by atoms with Gasteiger partial charge in [0.1, 0.15) is 5.75 Å². The van der Waals surface area contributed by atoms with Crippen molar-refractivity contribution >= 4 is 34.0 Å². The minimum absolute atomic E-state index is 0.257. The maximum atomic E-state index is 12.8. The van der Waals surface area contributed by atoms with Gasteiger partial charge in [0, 0.05) is 19.0 Å². The Morgan fingerprint density at radius 2 is 1.83 bits per heavy atom. The SMILES string of the molecule is CCCCOc1c(CO)n(CCOC)c(=O)c2cc(Cl)c(Cl)cc12. The van der Waals surface area contributed by atoms with Crippen LogP contribution in [0.1, 0.15) is 25.5 Å². The van der Waals surface area contributed by atoms with Crippen LogP contribution in [-0.4, -0.2) is 30.0 Å². The lowest BCUT2D eigenvalue weighted by molar-refractivity contribution is 0.180. The van der Waals surface area contributed by atoms with Crippen LogP contribution >= 0.6 is 23.2 Å². The summed E-state index contributed by atoms with van der Waals surface area (Å²) in [7, 11) is 1.56. The molecule has 0 spiro atoms. The normalized spacial score (nSPS) is 11.2. The summed E-state index contributed by atoms with van der Waals surface area (Å²) in [5.74, 6) is 0.468. The summed E-state index contributed by atoms with van der Waals surface area (Å²) in [5, 5.41) is 11.4. The summed E-state index contributed by atoms with van der Waals surface area (Å²) in [4.78, 5) is 12.8. The molecule has 0 aliphatic carbocycles. The van der Waals surface area contributed by atoms with Crippen LogP contribution in [0.15, 0.2) is 16.9 Å². The third-order valence-electron chi connectivity index (χ3n) is 3.78. The Bertz CT molecular complexity index is 774. The van der Waals surface area contributed by atoms with Gasteiger partial charge in [-0.3, -0.25) is 4.79 Å². The van der Waals surface area contributed by atoms with Gasteiger partial charge in [0.25, 0.3) is 5.56 Å². The van der Waals surface area contributed by atoms with Crippen molar-refractivity contribution in [1.82, 2.24) is 4.57 Å². The van der Waals surface area contributed by atoms with E-state index in [1.54, 1.807) is 19.2 Å². The number of halogens is 2. The fourth-order valence-electron chi connectivity index (χ4n) is 2.51. The Hall–Kier alpha value is -1.27. The summed E-state index contributed by atoms with van der Waals surface area (Å²) >= 11 is 12.2. The molecule has 2 aromatic rings. The van der Waals surface area contributed by atoms with Crippen molar-refractivity contribution < 1.29 is 14.6 Å². The third-order valence-corrected chi connectivity index (χ3v) is 4.50. The average Bonchev–Trinajstić information content (AvgIpc) is 2.57. The lowest BCUT2D eigenvalue weighted by Crippen LogP contribution is -2.27. The van der Waals surface area contributed by atoms with E-state index in [1.165, 1.54) is 4.57 Å². The number of hydrogen-bond donors (Lipinski definition) is 1. The molecule has 0 radical (unpaired) electrons. The average molecular weight is 374 g/mol. The third kappa shape index (κ3) is 3.86. The van der Waals surface area contributed by atoms with Crippen molar-refractivity contribution in [2.45, 2.75) is 32.9 Å². The second-order valence-electron chi connectivity index (χ2n) is 5.40. The molecule has 0 saturated heterocycles. The molecule has 132 valence electrons. The van der Waals surface area contributed by atoms with E-state index in [0.29, 0.717) is 52.0 Å². The van der Waals surface area contributed by atoms with Gasteiger partial charge in [-0.05, 0) is 18.6 Å². The van der Waals surface area contributed by atoms with E-state index in [4.69, 9.17) is 32.7 Å². The van der Waals surface area contributed by atoms with Gasteiger partial charge in [-0.25, -0.2) is 0 Å². The van der Waals surface area contributed by atoms with Crippen LogP contribution in [0.25, 0.3) is 10.8 Å². The number of nitrogens with zero attached hydrogens (tertiary/aromatic N) is 1. The number of unbranched alkanes of at least 4 members (excludes halogenated alkanes) is 1. The zero-order chi connectivity index (χ0) is 17.7. The number of aromatic nitrogens is 1. The molecule has 0 unspecified atom stereocenters. The molecule has 0 atom stereocenters. The van der Waals surface area contributed by atoms with Crippen LogP contribution in [0, 0.1) is 0 Å². The Labute approximate surface area is 150 Å². The van der Waals surface area contributed by atoms with Crippen LogP contribution in [0.5, 0.6) is 5.75 Å². The summed E-state index contributed by atoms with van der Waals surface area (Å²) in [6.45, 7) is 2.88. The summed E-state index contributed by atoms with van der Waals surface area (Å²) < 4.78 is 12.4. The van der Waals surface area contributed by atoms with Crippen molar-refractivity contribution in [3.63, 3.8) is 0 Å². The van der Waals surface area contributed by atoms with Crippen LogP contribution in [-0.2, 0) is 17.9 Å². The first kappa shape index (κ1) is 19.1. The zero-order valence-corrected chi connectivity index (χ0v) is 15.3. The maximum Gasteiger partial charge on any atom is 0.259 e. The molecule has 1 heterocycles. The highest BCUT2D eigenvalue weighted by atomic mass is 35.5. The number of methoxy groups -OCH3 is 1. The molecular weight excluding hydrogens is 353 g/mol. The molecule has 7 heteroatoms. The quantitative estimate of drug-likeness (QED) is 0.717. The molecule has 0 fully saturated rings. The van der Waals surface area contributed by atoms with E-state index >= 15 is 0 Å². The van der Waals surface area contributed by atoms with Gasteiger partial charge in [0.15, 0.2) is 0 Å². The first-order valence-electron chi connectivity index (χ1n) is 7.82. The first-order valence-corrected chi connectivity index (χ1v) is 8.57. The molecular formula is C17H21Cl2NO4. The van der Waals surface area contributed by atoms with Crippen LogP contribution < -0.4 is 10.3 Å². The molecule has 1 N–H and O–H groups in total. The number of ether oxygens (including phenoxy) is 2. The number of hydrogen-bond acceptors (Lipinski definition) is 4. The molecule has 0 amide bonds. The molecule has 2 rings (SSSR count). The number of rotatable bonds is 8. The lowest BCUT2D eigenvalue weighted by atomic mass is 10.1. The Kier molecular flexibility index (Phi) is 6.92. The highest BCUT2D eigenvalue weighted by Gasteiger charge is 2.19. The Balaban J connectivity index is 2.73. The van der Waals surface area contributed by atoms with Crippen molar-refractivity contribution in [1.29, 1.82) is 0 Å². The first-order chi connectivity index (χ1) is 11.5. The topological polar surface area (TPSA) is 60.7 Å². The number of fused-ring (bicyclic) bond motifs is 1. The highest BCUT2D eigenvalue weighted by molar-refractivity contribution is 6.42. The fourth-order valence-corrected chi connectivity index (χ4v) is 2.84. The van der Waals surface area contributed by atoms with Gasteiger partial charge in [-0.1, -0.05) is 36.5 Å². The standard InChI is InChI=1S/C17H21Cl2NO4/c1-3-4-6-24-16-11-8-13(18)14(19)9-12(11)17(22)20(5-7-23-2)15(16)10-21/h8-9,21H,3-7,10H2,1-2H3. The molecule has 0 bridgehead atoms. The van der Waals surface area contributed by atoms with E-state index in [2.05, 4.69) is 6.92 Å². The molecule has 1 aromatic heterocycles. The molecule has 0 aliphatic rings. The molecule has 24 heavy (non-hydrogen) atoms. The predicted molar refractivity (Wildman–Crippen MR) is 96.4 cm³/mol. The largest absolute Gasteiger partial charge is 0.491 e. The number of aliphatic hydroxyl groups is 1. The van der Waals surface area contributed by atoms with Crippen LogP contribution in [0.2, 0.25) is 10.0 Å². The van der Waals surface area contributed by atoms with Crippen molar-refractivity contribution in [3.8, 4) is 5.75 Å². The fraction of sp³-hybridized carbons (Fsp3) is 0.471. The second-order valence-corrected chi connectivity index (χ2v) is 6.21. The Morgan fingerprint density at radius 1 is 1.17 bits per heavy atom. The summed E-state index contributed by atoms with van der Waals surface area (Å²) in [6.07, 6.45) is 1.84. The van der Waals surface area contributed by atoms with E-state index in [-0.39, 0.29) is 12.2 Å². The van der Waals surface area contributed by atoms with E-state index in [9.17, 15) is 9.90 Å². The number of aliphatic hydroxyl groups excluding tert-OH is 1. The van der Waals surface area contributed by atoms with E-state index < -0.39 is 0 Å². The van der Waals surface area contributed by atoms with E-state index in [0.717, 1.165) is 12.8 Å². The lowest BCUT2D eigenvalue weighted by Gasteiger charge is -2.19. The van der Waals surface area contributed by atoms with Gasteiger partial charge >= 0.3 is 0 Å². The highest BCUT2D eigenvalue weighted by Crippen LogP contribution is 2.34. The van der Waals surface area contributed by atoms with Gasteiger partial charge in [-0.2, -0.15) is 0 Å². The maximum absolute atomic E-state index is 12.8. The van der Waals surface area contributed by atoms with Crippen molar-refractivity contribution in [2.24, 2.45) is 0 Å². The van der Waals surface area contributed by atoms with Gasteiger partial charge in [0.05, 0.1) is 40.9 Å². The minimum atomic E-state index is -0.323. The Morgan fingerprint density at radius 3 is 2.42 bits per heavy atom.